The van der Waals surface area contributed by atoms with Crippen LogP contribution >= 0.6 is 0 Å². The molecule has 0 N–H and O–H groups in total. The van der Waals surface area contributed by atoms with Crippen LogP contribution in [0.25, 0.3) is 5.82 Å². The molecule has 0 aromatic carbocycles. The van der Waals surface area contributed by atoms with E-state index >= 15 is 0 Å². The molecule has 0 saturated heterocycles. The number of carbonyl (C=O) groups excluding carboxylic acids is 1. The standard InChI is InChI=1S/C9H8F3N5.C6H10O2/c1-5-14-6(2)17(16-5)7-3-4-13-8(15-7)9(10,11)12;1-2-8-6(7)5-3-4-5/h3-4H,1-2H3;5H,2-4H2,1H3. The van der Waals surface area contributed by atoms with E-state index in [1.54, 1.807) is 13.8 Å². The minimum absolute atomic E-state index is 0.00694. The van der Waals surface area contributed by atoms with Crippen molar-refractivity contribution < 1.29 is 22.7 Å². The van der Waals surface area contributed by atoms with Crippen molar-refractivity contribution in [2.45, 2.75) is 39.8 Å². The molecule has 0 spiro atoms. The summed E-state index contributed by atoms with van der Waals surface area (Å²) in [5.74, 6) is 0.0411. The van der Waals surface area contributed by atoms with Crippen LogP contribution in [-0.4, -0.2) is 37.3 Å². The van der Waals surface area contributed by atoms with Crippen molar-refractivity contribution in [3.63, 3.8) is 0 Å². The molecule has 25 heavy (non-hydrogen) atoms. The second-order valence-corrected chi connectivity index (χ2v) is 5.38. The first-order chi connectivity index (χ1) is 11.7. The van der Waals surface area contributed by atoms with Gasteiger partial charge < -0.3 is 4.74 Å². The fourth-order valence-electron chi connectivity index (χ4n) is 1.92. The second kappa shape index (κ2) is 7.58. The molecule has 1 saturated carbocycles. The second-order valence-electron chi connectivity index (χ2n) is 5.38. The van der Waals surface area contributed by atoms with Gasteiger partial charge in [0.25, 0.3) is 0 Å². The van der Waals surface area contributed by atoms with Crippen LogP contribution in [0.4, 0.5) is 13.2 Å². The molecule has 1 aliphatic rings. The third kappa shape index (κ3) is 5.23. The normalized spacial score (nSPS) is 13.8. The van der Waals surface area contributed by atoms with Crippen LogP contribution in [0.5, 0.6) is 0 Å². The largest absolute Gasteiger partial charge is 0.466 e. The molecule has 1 fully saturated rings. The summed E-state index contributed by atoms with van der Waals surface area (Å²) >= 11 is 0. The Balaban J connectivity index is 0.000000236. The zero-order chi connectivity index (χ0) is 18.6. The van der Waals surface area contributed by atoms with E-state index in [9.17, 15) is 18.0 Å². The van der Waals surface area contributed by atoms with Crippen LogP contribution in [0.2, 0.25) is 0 Å². The smallest absolute Gasteiger partial charge is 0.451 e. The number of esters is 1. The van der Waals surface area contributed by atoms with Gasteiger partial charge in [-0.15, -0.1) is 5.10 Å². The first kappa shape index (κ1) is 18.8. The van der Waals surface area contributed by atoms with Crippen molar-refractivity contribution in [2.24, 2.45) is 5.92 Å². The quantitative estimate of drug-likeness (QED) is 0.786. The number of rotatable bonds is 3. The maximum atomic E-state index is 12.4. The highest BCUT2D eigenvalue weighted by Crippen LogP contribution is 2.29. The van der Waals surface area contributed by atoms with Crippen molar-refractivity contribution in [1.82, 2.24) is 24.7 Å². The first-order valence-corrected chi connectivity index (χ1v) is 7.70. The molecule has 0 radical (unpaired) electrons. The molecule has 1 aliphatic carbocycles. The van der Waals surface area contributed by atoms with E-state index in [1.165, 1.54) is 10.7 Å². The van der Waals surface area contributed by atoms with Gasteiger partial charge in [0.15, 0.2) is 5.82 Å². The number of nitrogens with zero attached hydrogens (tertiary/aromatic N) is 5. The van der Waals surface area contributed by atoms with E-state index in [4.69, 9.17) is 4.74 Å². The third-order valence-electron chi connectivity index (χ3n) is 3.18. The summed E-state index contributed by atoms with van der Waals surface area (Å²) in [6.07, 6.45) is -1.45. The van der Waals surface area contributed by atoms with E-state index in [0.29, 0.717) is 18.3 Å². The highest BCUT2D eigenvalue weighted by molar-refractivity contribution is 5.74. The number of hydrogen-bond donors (Lipinski definition) is 0. The summed E-state index contributed by atoms with van der Waals surface area (Å²) in [6.45, 7) is 5.64. The lowest BCUT2D eigenvalue weighted by Gasteiger charge is -2.06. The molecule has 0 aliphatic heterocycles. The zero-order valence-corrected chi connectivity index (χ0v) is 14.0. The van der Waals surface area contributed by atoms with Crippen LogP contribution in [0.1, 0.15) is 37.2 Å². The maximum absolute atomic E-state index is 12.4. The molecule has 0 bridgehead atoms. The van der Waals surface area contributed by atoms with Gasteiger partial charge in [-0.3, -0.25) is 4.79 Å². The molecule has 7 nitrogen and oxygen atoms in total. The van der Waals surface area contributed by atoms with Crippen LogP contribution in [-0.2, 0) is 15.7 Å². The van der Waals surface area contributed by atoms with Gasteiger partial charge in [0, 0.05) is 12.3 Å². The van der Waals surface area contributed by atoms with E-state index in [2.05, 4.69) is 20.1 Å². The Labute approximate surface area is 142 Å². The van der Waals surface area contributed by atoms with Gasteiger partial charge in [0.2, 0.25) is 5.82 Å². The molecule has 0 amide bonds. The Morgan fingerprint density at radius 3 is 2.48 bits per heavy atom. The molecule has 3 rings (SSSR count). The molecular weight excluding hydrogens is 339 g/mol. The molecule has 2 aromatic heterocycles. The lowest BCUT2D eigenvalue weighted by atomic mass is 10.4. The molecule has 2 heterocycles. The maximum Gasteiger partial charge on any atom is 0.451 e. The summed E-state index contributed by atoms with van der Waals surface area (Å²) in [5.41, 5.74) is 0. The van der Waals surface area contributed by atoms with Gasteiger partial charge in [0.05, 0.1) is 12.5 Å². The SMILES string of the molecule is CCOC(=O)C1CC1.Cc1nc(C)n(-c2ccnc(C(F)(F)F)n2)n1. The summed E-state index contributed by atoms with van der Waals surface area (Å²) in [6, 6.07) is 1.34. The Bertz CT molecular complexity index is 741. The van der Waals surface area contributed by atoms with Crippen molar-refractivity contribution in [3.8, 4) is 5.82 Å². The minimum atomic E-state index is -4.57. The Morgan fingerprint density at radius 1 is 1.32 bits per heavy atom. The Morgan fingerprint density at radius 2 is 2.00 bits per heavy atom. The predicted molar refractivity (Wildman–Crippen MR) is 80.8 cm³/mol. The van der Waals surface area contributed by atoms with E-state index in [-0.39, 0.29) is 17.7 Å². The third-order valence-corrected chi connectivity index (χ3v) is 3.18. The number of ether oxygens (including phenoxy) is 1. The molecular formula is C15H18F3N5O2. The molecule has 0 atom stereocenters. The molecule has 0 unspecified atom stereocenters. The molecule has 136 valence electrons. The van der Waals surface area contributed by atoms with Crippen molar-refractivity contribution in [3.05, 3.63) is 29.7 Å². The average Bonchev–Trinajstić information content (AvgIpc) is 3.33. The zero-order valence-electron chi connectivity index (χ0n) is 14.0. The van der Waals surface area contributed by atoms with E-state index < -0.39 is 12.0 Å². The monoisotopic (exact) mass is 357 g/mol. The van der Waals surface area contributed by atoms with Gasteiger partial charge in [-0.1, -0.05) is 0 Å². The van der Waals surface area contributed by atoms with E-state index in [0.717, 1.165) is 19.0 Å². The number of hydrogen-bond acceptors (Lipinski definition) is 6. The van der Waals surface area contributed by atoms with E-state index in [1.807, 2.05) is 6.92 Å². The van der Waals surface area contributed by atoms with Crippen molar-refractivity contribution in [1.29, 1.82) is 0 Å². The Hall–Kier alpha value is -2.52. The van der Waals surface area contributed by atoms with Gasteiger partial charge in [-0.05, 0) is 33.6 Å². The number of carbonyl (C=O) groups is 1. The number of halogens is 3. The highest BCUT2D eigenvalue weighted by Gasteiger charge is 2.35. The lowest BCUT2D eigenvalue weighted by Crippen LogP contribution is -2.13. The summed E-state index contributed by atoms with van der Waals surface area (Å²) in [5, 5.41) is 3.95. The van der Waals surface area contributed by atoms with Crippen LogP contribution in [0, 0.1) is 19.8 Å². The van der Waals surface area contributed by atoms with Crippen molar-refractivity contribution >= 4 is 5.97 Å². The fraction of sp³-hybridized carbons (Fsp3) is 0.533. The fourth-order valence-corrected chi connectivity index (χ4v) is 1.92. The van der Waals surface area contributed by atoms with Gasteiger partial charge in [-0.25, -0.2) is 15.0 Å². The van der Waals surface area contributed by atoms with Crippen molar-refractivity contribution in [2.75, 3.05) is 6.61 Å². The van der Waals surface area contributed by atoms with Gasteiger partial charge in [0.1, 0.15) is 11.6 Å². The number of aromatic nitrogens is 5. The predicted octanol–water partition coefficient (Wildman–Crippen LogP) is 2.65. The number of aryl methyl sites for hydroxylation is 2. The van der Waals surface area contributed by atoms with Crippen LogP contribution < -0.4 is 0 Å². The van der Waals surface area contributed by atoms with Crippen LogP contribution in [0.15, 0.2) is 12.3 Å². The minimum Gasteiger partial charge on any atom is -0.466 e. The molecule has 10 heteroatoms. The van der Waals surface area contributed by atoms with Crippen LogP contribution in [0.3, 0.4) is 0 Å². The summed E-state index contributed by atoms with van der Waals surface area (Å²) < 4.78 is 43.2. The summed E-state index contributed by atoms with van der Waals surface area (Å²) in [4.78, 5) is 21.2. The van der Waals surface area contributed by atoms with Gasteiger partial charge in [-0.2, -0.15) is 17.9 Å². The molecule has 2 aromatic rings. The average molecular weight is 357 g/mol. The topological polar surface area (TPSA) is 82.8 Å². The number of alkyl halides is 3. The Kier molecular flexibility index (Phi) is 5.70. The van der Waals surface area contributed by atoms with Gasteiger partial charge >= 0.3 is 12.1 Å². The first-order valence-electron chi connectivity index (χ1n) is 7.70. The summed E-state index contributed by atoms with van der Waals surface area (Å²) in [7, 11) is 0. The highest BCUT2D eigenvalue weighted by atomic mass is 19.4. The lowest BCUT2D eigenvalue weighted by molar-refractivity contribution is -0.145.